The highest BCUT2D eigenvalue weighted by Gasteiger charge is 2.40. The first-order valence-corrected chi connectivity index (χ1v) is 28.5. The van der Waals surface area contributed by atoms with Crippen LogP contribution in [0, 0.1) is 5.92 Å². The molecule has 0 atom stereocenters. The SMILES string of the molecule is CC(C)(C)OC(=O)n1c(-c2ccc(N3CCC(CO)CC3)nc2)cc2cc(O[Si](C)(C)C(C)(C)C)ccc21.CC(C)(C)OC(=O)n1c(B(O)O)cc2cc(O[Si](C)(C)C(C)(C)C)ccc21. The third kappa shape index (κ3) is 12.4. The maximum Gasteiger partial charge on any atom is 0.506 e. The molecule has 13 nitrogen and oxygen atoms in total. The van der Waals surface area contributed by atoms with Crippen molar-refractivity contribution in [3.8, 4) is 22.8 Å². The lowest BCUT2D eigenvalue weighted by molar-refractivity contribution is 0.0536. The summed E-state index contributed by atoms with van der Waals surface area (Å²) in [4.78, 5) is 33.0. The van der Waals surface area contributed by atoms with Gasteiger partial charge in [-0.05, 0) is 157 Å². The molecule has 0 aliphatic carbocycles. The Hall–Kier alpha value is -4.61. The zero-order valence-electron chi connectivity index (χ0n) is 41.6. The van der Waals surface area contributed by atoms with Crippen LogP contribution >= 0.6 is 0 Å². The van der Waals surface area contributed by atoms with Gasteiger partial charge in [-0.15, -0.1) is 0 Å². The number of piperidine rings is 1. The summed E-state index contributed by atoms with van der Waals surface area (Å²) < 4.78 is 26.9. The Kier molecular flexibility index (Phi) is 15.0. The zero-order chi connectivity index (χ0) is 48.7. The topological polar surface area (TPSA) is 158 Å². The molecule has 354 valence electrons. The van der Waals surface area contributed by atoms with E-state index in [1.807, 2.05) is 69.4 Å². The summed E-state index contributed by atoms with van der Waals surface area (Å²) in [5, 5.41) is 30.6. The largest absolute Gasteiger partial charge is 0.543 e. The van der Waals surface area contributed by atoms with Gasteiger partial charge >= 0.3 is 19.3 Å². The highest BCUT2D eigenvalue weighted by Crippen LogP contribution is 2.40. The van der Waals surface area contributed by atoms with Crippen molar-refractivity contribution in [3.63, 3.8) is 0 Å². The number of aliphatic hydroxyl groups is 1. The van der Waals surface area contributed by atoms with Crippen molar-refractivity contribution in [2.75, 3.05) is 24.6 Å². The number of rotatable bonds is 8. The highest BCUT2D eigenvalue weighted by atomic mass is 28.4. The van der Waals surface area contributed by atoms with Gasteiger partial charge in [-0.2, -0.15) is 0 Å². The Morgan fingerprint density at radius 3 is 1.55 bits per heavy atom. The van der Waals surface area contributed by atoms with Crippen LogP contribution in [0.3, 0.4) is 0 Å². The fourth-order valence-electron chi connectivity index (χ4n) is 6.92. The number of ether oxygens (including phenoxy) is 2. The summed E-state index contributed by atoms with van der Waals surface area (Å²) in [6.45, 7) is 34.8. The third-order valence-electron chi connectivity index (χ3n) is 12.6. The first-order valence-electron chi connectivity index (χ1n) is 22.6. The van der Waals surface area contributed by atoms with Crippen LogP contribution < -0.4 is 19.3 Å². The Bertz CT molecular complexity index is 2460. The van der Waals surface area contributed by atoms with Crippen molar-refractivity contribution >= 4 is 69.2 Å². The van der Waals surface area contributed by atoms with Crippen molar-refractivity contribution < 1.29 is 43.1 Å². The number of pyridine rings is 1. The molecule has 2 aromatic carbocycles. The van der Waals surface area contributed by atoms with Crippen LogP contribution in [0.2, 0.25) is 36.3 Å². The zero-order valence-corrected chi connectivity index (χ0v) is 43.6. The number of nitrogens with zero attached hydrogens (tertiary/aromatic N) is 4. The molecule has 1 aliphatic rings. The van der Waals surface area contributed by atoms with Crippen molar-refractivity contribution in [1.82, 2.24) is 14.1 Å². The standard InChI is InChI=1S/C30H43N3O4Si.C19H30BNO5Si/c1-29(2,3)36-28(35)33-25-11-10-24(37-38(7,8)30(4,5)6)17-23(25)18-26(33)22-9-12-27(31-19-22)32-15-13-21(20-34)14-16-32;1-18(2,3)25-17(22)21-15-10-9-14(26-27(7,8)19(4,5)6)11-13(15)12-16(21)20(23)24/h9-12,17-19,21,34H,13-16,20H2,1-8H3;9-12,23-24H,1-8H3. The van der Waals surface area contributed by atoms with Crippen LogP contribution in [-0.2, 0) is 9.47 Å². The lowest BCUT2D eigenvalue weighted by Gasteiger charge is -2.36. The molecule has 1 saturated heterocycles. The number of carbonyl (C=O) groups excluding carboxylic acids is 2. The predicted octanol–water partition coefficient (Wildman–Crippen LogP) is 10.6. The maximum absolute atomic E-state index is 13.4. The normalized spacial score (nSPS) is 14.5. The average Bonchev–Trinajstić information content (AvgIpc) is 3.75. The number of anilines is 1. The van der Waals surface area contributed by atoms with E-state index < -0.39 is 47.1 Å². The van der Waals surface area contributed by atoms with E-state index in [9.17, 15) is 24.7 Å². The molecule has 4 heterocycles. The highest BCUT2D eigenvalue weighted by molar-refractivity contribution is 6.75. The molecule has 0 bridgehead atoms. The molecule has 5 aromatic rings. The Morgan fingerprint density at radius 1 is 0.677 bits per heavy atom. The Labute approximate surface area is 388 Å². The van der Waals surface area contributed by atoms with Crippen LogP contribution in [-0.4, -0.2) is 96.1 Å². The monoisotopic (exact) mass is 929 g/mol. The van der Waals surface area contributed by atoms with E-state index in [1.54, 1.807) is 43.5 Å². The van der Waals surface area contributed by atoms with Gasteiger partial charge in [-0.3, -0.25) is 4.57 Å². The van der Waals surface area contributed by atoms with Gasteiger partial charge in [-0.1, -0.05) is 41.5 Å². The maximum atomic E-state index is 13.4. The van der Waals surface area contributed by atoms with Gasteiger partial charge in [0.2, 0.25) is 16.6 Å². The number of hydrogen-bond acceptors (Lipinski definition) is 11. The van der Waals surface area contributed by atoms with Gasteiger partial charge in [0.25, 0.3) is 0 Å². The number of fused-ring (bicyclic) bond motifs is 2. The van der Waals surface area contributed by atoms with Crippen molar-refractivity contribution in [1.29, 1.82) is 0 Å². The summed E-state index contributed by atoms with van der Waals surface area (Å²) in [7, 11) is -5.82. The Morgan fingerprint density at radius 2 is 1.14 bits per heavy atom. The minimum Gasteiger partial charge on any atom is -0.543 e. The van der Waals surface area contributed by atoms with Crippen LogP contribution in [0.4, 0.5) is 15.4 Å². The molecule has 3 N–H and O–H groups in total. The molecule has 0 spiro atoms. The van der Waals surface area contributed by atoms with Gasteiger partial charge in [0.1, 0.15) is 28.5 Å². The third-order valence-corrected chi connectivity index (χ3v) is 21.3. The van der Waals surface area contributed by atoms with Crippen molar-refractivity contribution in [2.45, 2.75) is 143 Å². The minimum absolute atomic E-state index is 0.0524. The molecule has 0 radical (unpaired) electrons. The second kappa shape index (κ2) is 18.9. The summed E-state index contributed by atoms with van der Waals surface area (Å²) in [6.07, 6.45) is 2.68. The number of aliphatic hydroxyl groups excluding tert-OH is 1. The van der Waals surface area contributed by atoms with Crippen LogP contribution in [0.25, 0.3) is 33.1 Å². The smallest absolute Gasteiger partial charge is 0.506 e. The van der Waals surface area contributed by atoms with E-state index in [-0.39, 0.29) is 22.3 Å². The second-order valence-corrected chi connectivity index (χ2v) is 31.7. The quantitative estimate of drug-likeness (QED) is 0.127. The second-order valence-electron chi connectivity index (χ2n) is 22.3. The Balaban J connectivity index is 0.000000259. The van der Waals surface area contributed by atoms with Gasteiger partial charge in [0.15, 0.2) is 0 Å². The molecule has 1 aliphatic heterocycles. The molecule has 1 fully saturated rings. The molecule has 16 heteroatoms. The fraction of sp³-hybridized carbons (Fsp3) is 0.531. The number of carbonyl (C=O) groups is 2. The van der Waals surface area contributed by atoms with Crippen LogP contribution in [0.5, 0.6) is 11.5 Å². The number of hydrogen-bond donors (Lipinski definition) is 3. The fourth-order valence-corrected chi connectivity index (χ4v) is 8.96. The lowest BCUT2D eigenvalue weighted by Crippen LogP contribution is -2.43. The van der Waals surface area contributed by atoms with E-state index in [0.717, 1.165) is 59.7 Å². The number of benzene rings is 2. The summed E-state index contributed by atoms with van der Waals surface area (Å²) in [5.41, 5.74) is 1.62. The molecular weight excluding hydrogens is 856 g/mol. The first-order chi connectivity index (χ1) is 29.8. The van der Waals surface area contributed by atoms with E-state index in [0.29, 0.717) is 22.6 Å². The molecule has 0 saturated carbocycles. The lowest BCUT2D eigenvalue weighted by atomic mass is 9.86. The van der Waals surface area contributed by atoms with Crippen molar-refractivity contribution in [3.05, 3.63) is 66.9 Å². The summed E-state index contributed by atoms with van der Waals surface area (Å²) >= 11 is 0. The number of aromatic nitrogens is 3. The van der Waals surface area contributed by atoms with Crippen LogP contribution in [0.1, 0.15) is 95.9 Å². The van der Waals surface area contributed by atoms with E-state index in [2.05, 4.69) is 72.6 Å². The summed E-state index contributed by atoms with van der Waals surface area (Å²) in [6, 6.07) is 18.9. The van der Waals surface area contributed by atoms with E-state index in [1.165, 1.54) is 4.57 Å². The van der Waals surface area contributed by atoms with E-state index >= 15 is 0 Å². The van der Waals surface area contributed by atoms with Gasteiger partial charge in [-0.25, -0.2) is 19.1 Å². The molecule has 6 rings (SSSR count). The van der Waals surface area contributed by atoms with Gasteiger partial charge in [0, 0.05) is 42.2 Å². The van der Waals surface area contributed by atoms with Crippen molar-refractivity contribution in [2.24, 2.45) is 5.92 Å². The van der Waals surface area contributed by atoms with Crippen LogP contribution in [0.15, 0.2) is 66.9 Å². The molecule has 3 aromatic heterocycles. The van der Waals surface area contributed by atoms with Gasteiger partial charge < -0.3 is 38.4 Å². The van der Waals surface area contributed by atoms with Gasteiger partial charge in [0.05, 0.1) is 22.3 Å². The molecule has 0 unspecified atom stereocenters. The molecule has 0 amide bonds. The van der Waals surface area contributed by atoms with E-state index in [4.69, 9.17) is 23.3 Å². The summed E-state index contributed by atoms with van der Waals surface area (Å²) in [5.74, 6) is 2.81. The first kappa shape index (κ1) is 51.4. The molecule has 65 heavy (non-hydrogen) atoms. The minimum atomic E-state index is -2.01. The average molecular weight is 929 g/mol. The molecular formula is C49H73BN4O9Si2. The predicted molar refractivity (Wildman–Crippen MR) is 268 cm³/mol.